The van der Waals surface area contributed by atoms with Crippen LogP contribution in [-0.2, 0) is 13.0 Å². The SMILES string of the molecule is C=CCc1cccn1CCC.[KH]. The van der Waals surface area contributed by atoms with Crippen LogP contribution in [0.4, 0.5) is 0 Å². The molecular weight excluding hydrogens is 173 g/mol. The third-order valence-corrected chi connectivity index (χ3v) is 1.74. The van der Waals surface area contributed by atoms with Gasteiger partial charge in [-0.1, -0.05) is 13.0 Å². The van der Waals surface area contributed by atoms with Crippen LogP contribution in [0.3, 0.4) is 0 Å². The standard InChI is InChI=1S/C10H15N.K.H/c1-3-6-10-7-5-9-11(10)8-4-2;;/h3,5,7,9H,1,4,6,8H2,2H3;;. The molecule has 1 aromatic rings. The summed E-state index contributed by atoms with van der Waals surface area (Å²) < 4.78 is 2.28. The molecule has 0 saturated heterocycles. The monoisotopic (exact) mass is 189 g/mol. The molecule has 0 aliphatic carbocycles. The average Bonchev–Trinajstić information content (AvgIpc) is 2.39. The summed E-state index contributed by atoms with van der Waals surface area (Å²) in [5.74, 6) is 0. The summed E-state index contributed by atoms with van der Waals surface area (Å²) in [6.07, 6.45) is 6.25. The summed E-state index contributed by atoms with van der Waals surface area (Å²) in [6.45, 7) is 7.04. The molecule has 0 N–H and O–H groups in total. The Morgan fingerprint density at radius 3 is 2.92 bits per heavy atom. The molecule has 0 aliphatic heterocycles. The number of allylic oxidation sites excluding steroid dienone is 1. The van der Waals surface area contributed by atoms with E-state index in [2.05, 4.69) is 36.4 Å². The summed E-state index contributed by atoms with van der Waals surface area (Å²) in [5, 5.41) is 0. The van der Waals surface area contributed by atoms with E-state index in [1.54, 1.807) is 0 Å². The molecule has 62 valence electrons. The third kappa shape index (κ3) is 3.58. The summed E-state index contributed by atoms with van der Waals surface area (Å²) in [7, 11) is 0. The predicted molar refractivity (Wildman–Crippen MR) is 55.8 cm³/mol. The quantitative estimate of drug-likeness (QED) is 0.504. The van der Waals surface area contributed by atoms with Crippen molar-refractivity contribution in [3.8, 4) is 0 Å². The van der Waals surface area contributed by atoms with Gasteiger partial charge in [0.1, 0.15) is 0 Å². The Bertz CT molecular complexity index is 227. The topological polar surface area (TPSA) is 4.93 Å². The van der Waals surface area contributed by atoms with Crippen LogP contribution >= 0.6 is 0 Å². The van der Waals surface area contributed by atoms with E-state index in [1.165, 1.54) is 12.1 Å². The Balaban J connectivity index is 0.00000121. The van der Waals surface area contributed by atoms with Crippen molar-refractivity contribution in [1.29, 1.82) is 0 Å². The van der Waals surface area contributed by atoms with Crippen molar-refractivity contribution in [3.63, 3.8) is 0 Å². The summed E-state index contributed by atoms with van der Waals surface area (Å²) in [4.78, 5) is 0. The van der Waals surface area contributed by atoms with Crippen LogP contribution in [0.15, 0.2) is 31.0 Å². The maximum atomic E-state index is 3.72. The normalized spacial score (nSPS) is 9.08. The Hall–Kier alpha value is 0.656. The molecule has 0 aliphatic rings. The van der Waals surface area contributed by atoms with Gasteiger partial charge in [0, 0.05) is 24.9 Å². The van der Waals surface area contributed by atoms with Gasteiger partial charge in [-0.15, -0.1) is 6.58 Å². The second kappa shape index (κ2) is 7.10. The van der Waals surface area contributed by atoms with Crippen LogP contribution in [0.5, 0.6) is 0 Å². The van der Waals surface area contributed by atoms with Gasteiger partial charge in [-0.05, 0) is 18.6 Å². The zero-order chi connectivity index (χ0) is 8.10. The maximum absolute atomic E-state index is 3.72. The fourth-order valence-electron chi connectivity index (χ4n) is 1.24. The van der Waals surface area contributed by atoms with Crippen molar-refractivity contribution in [3.05, 3.63) is 36.7 Å². The zero-order valence-corrected chi connectivity index (χ0v) is 7.09. The Kier molecular flexibility index (Phi) is 7.49. The van der Waals surface area contributed by atoms with Gasteiger partial charge in [0.25, 0.3) is 0 Å². The first-order valence-electron chi connectivity index (χ1n) is 4.13. The molecule has 0 bridgehead atoms. The minimum atomic E-state index is 0. The van der Waals surface area contributed by atoms with Gasteiger partial charge in [0.2, 0.25) is 0 Å². The molecule has 1 heterocycles. The first-order chi connectivity index (χ1) is 5.38. The molecule has 2 heteroatoms. The van der Waals surface area contributed by atoms with Crippen LogP contribution in [0.25, 0.3) is 0 Å². The van der Waals surface area contributed by atoms with Crippen molar-refractivity contribution < 1.29 is 0 Å². The third-order valence-electron chi connectivity index (χ3n) is 1.74. The second-order valence-corrected chi connectivity index (χ2v) is 2.69. The van der Waals surface area contributed by atoms with Gasteiger partial charge in [0.15, 0.2) is 0 Å². The summed E-state index contributed by atoms with van der Waals surface area (Å²) in [6, 6.07) is 4.24. The minimum absolute atomic E-state index is 0. The first kappa shape index (κ1) is 12.7. The van der Waals surface area contributed by atoms with Gasteiger partial charge in [-0.3, -0.25) is 0 Å². The molecule has 0 amide bonds. The van der Waals surface area contributed by atoms with Crippen molar-refractivity contribution in [2.45, 2.75) is 26.3 Å². The van der Waals surface area contributed by atoms with Gasteiger partial charge >= 0.3 is 51.4 Å². The second-order valence-electron chi connectivity index (χ2n) is 2.69. The van der Waals surface area contributed by atoms with Gasteiger partial charge in [0.05, 0.1) is 0 Å². The van der Waals surface area contributed by atoms with Crippen LogP contribution < -0.4 is 0 Å². The van der Waals surface area contributed by atoms with Crippen molar-refractivity contribution >= 4 is 51.4 Å². The van der Waals surface area contributed by atoms with E-state index in [-0.39, 0.29) is 51.4 Å². The molecule has 1 nitrogen and oxygen atoms in total. The van der Waals surface area contributed by atoms with Gasteiger partial charge in [-0.2, -0.15) is 0 Å². The fourth-order valence-corrected chi connectivity index (χ4v) is 1.24. The van der Waals surface area contributed by atoms with E-state index in [1.807, 2.05) is 6.08 Å². The average molecular weight is 189 g/mol. The number of rotatable bonds is 4. The van der Waals surface area contributed by atoms with E-state index in [4.69, 9.17) is 0 Å². The van der Waals surface area contributed by atoms with E-state index in [0.29, 0.717) is 0 Å². The fraction of sp³-hybridized carbons (Fsp3) is 0.400. The Morgan fingerprint density at radius 2 is 2.33 bits per heavy atom. The molecule has 1 aromatic heterocycles. The Morgan fingerprint density at radius 1 is 1.58 bits per heavy atom. The molecule has 0 aromatic carbocycles. The zero-order valence-electron chi connectivity index (χ0n) is 7.09. The Labute approximate surface area is 117 Å². The summed E-state index contributed by atoms with van der Waals surface area (Å²) >= 11 is 0. The van der Waals surface area contributed by atoms with Crippen molar-refractivity contribution in [2.75, 3.05) is 0 Å². The molecule has 0 atom stereocenters. The van der Waals surface area contributed by atoms with Gasteiger partial charge in [-0.25, -0.2) is 0 Å². The van der Waals surface area contributed by atoms with E-state index < -0.39 is 0 Å². The molecule has 0 unspecified atom stereocenters. The van der Waals surface area contributed by atoms with Crippen LogP contribution in [0, 0.1) is 0 Å². The number of aryl methyl sites for hydroxylation is 1. The van der Waals surface area contributed by atoms with Crippen LogP contribution in [-0.4, -0.2) is 56.0 Å². The molecule has 0 spiro atoms. The summed E-state index contributed by atoms with van der Waals surface area (Å²) in [5.41, 5.74) is 1.36. The molecule has 0 fully saturated rings. The van der Waals surface area contributed by atoms with Crippen molar-refractivity contribution in [2.24, 2.45) is 0 Å². The van der Waals surface area contributed by atoms with E-state index in [0.717, 1.165) is 13.0 Å². The van der Waals surface area contributed by atoms with E-state index in [9.17, 15) is 0 Å². The number of hydrogen-bond acceptors (Lipinski definition) is 0. The molecular formula is C10H16KN. The molecule has 0 saturated carbocycles. The number of nitrogens with zero attached hydrogens (tertiary/aromatic N) is 1. The first-order valence-corrected chi connectivity index (χ1v) is 4.13. The van der Waals surface area contributed by atoms with Crippen molar-refractivity contribution in [1.82, 2.24) is 4.57 Å². The van der Waals surface area contributed by atoms with Crippen LogP contribution in [0.1, 0.15) is 19.0 Å². The molecule has 0 radical (unpaired) electrons. The van der Waals surface area contributed by atoms with Gasteiger partial charge < -0.3 is 4.57 Å². The van der Waals surface area contributed by atoms with Crippen LogP contribution in [0.2, 0.25) is 0 Å². The number of hydrogen-bond donors (Lipinski definition) is 0. The molecule has 1 rings (SSSR count). The number of aromatic nitrogens is 1. The molecule has 12 heavy (non-hydrogen) atoms. The van der Waals surface area contributed by atoms with E-state index >= 15 is 0 Å². The predicted octanol–water partition coefficient (Wildman–Crippen LogP) is 1.98.